The Morgan fingerprint density at radius 3 is 2.79 bits per heavy atom. The molecule has 0 saturated carbocycles. The molecule has 0 bridgehead atoms. The Bertz CT molecular complexity index is 306. The average molecular weight is 309 g/mol. The van der Waals surface area contributed by atoms with E-state index in [0.29, 0.717) is 6.61 Å². The van der Waals surface area contributed by atoms with Gasteiger partial charge in [-0.25, -0.2) is 4.39 Å². The molecular formula is C10H13FINO. The van der Waals surface area contributed by atoms with Crippen LogP contribution >= 0.6 is 22.6 Å². The number of nitrogens with one attached hydrogen (secondary N) is 1. The monoisotopic (exact) mass is 309 g/mol. The average Bonchev–Trinajstić information content (AvgIpc) is 2.15. The van der Waals surface area contributed by atoms with Crippen molar-refractivity contribution in [3.63, 3.8) is 0 Å². The van der Waals surface area contributed by atoms with E-state index in [-0.39, 0.29) is 11.9 Å². The molecule has 78 valence electrons. The van der Waals surface area contributed by atoms with Crippen LogP contribution in [0.4, 0.5) is 4.39 Å². The van der Waals surface area contributed by atoms with Crippen LogP contribution in [0.2, 0.25) is 0 Å². The van der Waals surface area contributed by atoms with Crippen LogP contribution in [0.3, 0.4) is 0 Å². The summed E-state index contributed by atoms with van der Waals surface area (Å²) in [5, 5.41) is 3.13. The van der Waals surface area contributed by atoms with Crippen LogP contribution in [0.15, 0.2) is 18.2 Å². The van der Waals surface area contributed by atoms with Crippen molar-refractivity contribution < 1.29 is 9.13 Å². The molecule has 0 aliphatic heterocycles. The fourth-order valence-corrected chi connectivity index (χ4v) is 2.13. The fraction of sp³-hybridized carbons (Fsp3) is 0.400. The molecule has 1 aromatic rings. The van der Waals surface area contributed by atoms with Gasteiger partial charge in [0.2, 0.25) is 0 Å². The highest BCUT2D eigenvalue weighted by atomic mass is 127. The van der Waals surface area contributed by atoms with Gasteiger partial charge >= 0.3 is 0 Å². The molecule has 0 radical (unpaired) electrons. The van der Waals surface area contributed by atoms with Crippen LogP contribution < -0.4 is 5.32 Å². The van der Waals surface area contributed by atoms with E-state index in [9.17, 15) is 4.39 Å². The third kappa shape index (κ3) is 2.90. The Morgan fingerprint density at radius 2 is 2.29 bits per heavy atom. The summed E-state index contributed by atoms with van der Waals surface area (Å²) in [5.41, 5.74) is 1.07. The lowest BCUT2D eigenvalue weighted by atomic mass is 10.1. The van der Waals surface area contributed by atoms with Crippen LogP contribution in [-0.4, -0.2) is 20.8 Å². The lowest BCUT2D eigenvalue weighted by Gasteiger charge is -2.17. The number of rotatable bonds is 4. The molecule has 0 heterocycles. The van der Waals surface area contributed by atoms with Crippen LogP contribution in [0.1, 0.15) is 11.6 Å². The van der Waals surface area contributed by atoms with Gasteiger partial charge in [-0.1, -0.05) is 6.07 Å². The second-order valence-corrected chi connectivity index (χ2v) is 4.12. The van der Waals surface area contributed by atoms with Gasteiger partial charge in [0.15, 0.2) is 0 Å². The molecule has 1 unspecified atom stereocenters. The molecule has 0 aliphatic rings. The lowest BCUT2D eigenvalue weighted by Crippen LogP contribution is -2.22. The summed E-state index contributed by atoms with van der Waals surface area (Å²) in [4.78, 5) is 0. The number of likely N-dealkylation sites (N-methyl/N-ethyl adjacent to an activating group) is 1. The highest BCUT2D eigenvalue weighted by molar-refractivity contribution is 14.1. The van der Waals surface area contributed by atoms with Crippen molar-refractivity contribution in [3.8, 4) is 0 Å². The summed E-state index contributed by atoms with van der Waals surface area (Å²) in [7, 11) is 3.52. The topological polar surface area (TPSA) is 21.3 Å². The third-order valence-corrected chi connectivity index (χ3v) is 2.95. The quantitative estimate of drug-likeness (QED) is 0.862. The molecular weight excluding hydrogens is 296 g/mol. The predicted octanol–water partition coefficient (Wildman–Crippen LogP) is 2.34. The van der Waals surface area contributed by atoms with Gasteiger partial charge in [-0.05, 0) is 47.3 Å². The summed E-state index contributed by atoms with van der Waals surface area (Å²) in [6.07, 6.45) is 0. The van der Waals surface area contributed by atoms with Crippen LogP contribution in [0, 0.1) is 9.39 Å². The van der Waals surface area contributed by atoms with Gasteiger partial charge in [0, 0.05) is 10.7 Å². The molecule has 1 aromatic carbocycles. The molecule has 0 aromatic heterocycles. The number of benzene rings is 1. The van der Waals surface area contributed by atoms with Gasteiger partial charge in [-0.2, -0.15) is 0 Å². The molecule has 0 spiro atoms. The molecule has 4 heteroatoms. The van der Waals surface area contributed by atoms with E-state index in [2.05, 4.69) is 27.9 Å². The maximum Gasteiger partial charge on any atom is 0.124 e. The van der Waals surface area contributed by atoms with E-state index in [4.69, 9.17) is 4.74 Å². The molecule has 0 saturated heterocycles. The van der Waals surface area contributed by atoms with Crippen LogP contribution in [-0.2, 0) is 4.74 Å². The van der Waals surface area contributed by atoms with Crippen LogP contribution in [0.25, 0.3) is 0 Å². The van der Waals surface area contributed by atoms with E-state index in [0.717, 1.165) is 9.13 Å². The summed E-state index contributed by atoms with van der Waals surface area (Å²) >= 11 is 2.13. The minimum Gasteiger partial charge on any atom is -0.383 e. The minimum absolute atomic E-state index is 0.118. The van der Waals surface area contributed by atoms with E-state index < -0.39 is 0 Å². The number of methoxy groups -OCH3 is 1. The van der Waals surface area contributed by atoms with Crippen molar-refractivity contribution >= 4 is 22.6 Å². The largest absolute Gasteiger partial charge is 0.383 e. The van der Waals surface area contributed by atoms with Crippen LogP contribution in [0.5, 0.6) is 0 Å². The van der Waals surface area contributed by atoms with Gasteiger partial charge < -0.3 is 10.1 Å². The van der Waals surface area contributed by atoms with Gasteiger partial charge in [-0.3, -0.25) is 0 Å². The Kier molecular flexibility index (Phi) is 4.77. The van der Waals surface area contributed by atoms with E-state index in [1.54, 1.807) is 13.2 Å². The summed E-state index contributed by atoms with van der Waals surface area (Å²) in [5.74, 6) is -0.203. The molecule has 14 heavy (non-hydrogen) atoms. The zero-order valence-electron chi connectivity index (χ0n) is 8.18. The van der Waals surface area contributed by atoms with Crippen molar-refractivity contribution in [3.05, 3.63) is 33.1 Å². The Morgan fingerprint density at radius 1 is 1.57 bits per heavy atom. The minimum atomic E-state index is -0.203. The van der Waals surface area contributed by atoms with E-state index >= 15 is 0 Å². The number of ether oxygens (including phenoxy) is 1. The van der Waals surface area contributed by atoms with Gasteiger partial charge in [0.1, 0.15) is 5.82 Å². The predicted molar refractivity (Wildman–Crippen MR) is 62.8 cm³/mol. The number of hydrogen-bond acceptors (Lipinski definition) is 2. The molecule has 0 amide bonds. The van der Waals surface area contributed by atoms with Crippen molar-refractivity contribution in [2.45, 2.75) is 6.04 Å². The molecule has 0 aliphatic carbocycles. The molecule has 1 rings (SSSR count). The molecule has 2 nitrogen and oxygen atoms in total. The van der Waals surface area contributed by atoms with Crippen molar-refractivity contribution in [2.75, 3.05) is 20.8 Å². The first-order valence-electron chi connectivity index (χ1n) is 4.30. The second kappa shape index (κ2) is 5.63. The SMILES string of the molecule is CNC(COC)c1ccc(F)cc1I. The smallest absolute Gasteiger partial charge is 0.124 e. The molecule has 1 atom stereocenters. The standard InChI is InChI=1S/C10H13FINO/c1-13-10(6-14-2)8-4-3-7(11)5-9(8)12/h3-5,10,13H,6H2,1-2H3. The Balaban J connectivity index is 2.92. The van der Waals surface area contributed by atoms with E-state index in [1.807, 2.05) is 7.05 Å². The maximum absolute atomic E-state index is 12.8. The summed E-state index contributed by atoms with van der Waals surface area (Å²) in [6, 6.07) is 4.90. The normalized spacial score (nSPS) is 12.9. The van der Waals surface area contributed by atoms with Gasteiger partial charge in [0.05, 0.1) is 12.6 Å². The maximum atomic E-state index is 12.8. The molecule has 1 N–H and O–H groups in total. The Labute approximate surface area is 97.0 Å². The van der Waals surface area contributed by atoms with E-state index in [1.165, 1.54) is 12.1 Å². The highest BCUT2D eigenvalue weighted by Crippen LogP contribution is 2.20. The van der Waals surface area contributed by atoms with Crippen molar-refractivity contribution in [1.29, 1.82) is 0 Å². The zero-order chi connectivity index (χ0) is 10.6. The first-order valence-corrected chi connectivity index (χ1v) is 5.38. The number of hydrogen-bond donors (Lipinski definition) is 1. The lowest BCUT2D eigenvalue weighted by molar-refractivity contribution is 0.170. The van der Waals surface area contributed by atoms with Crippen molar-refractivity contribution in [2.24, 2.45) is 0 Å². The Hall–Kier alpha value is -0.200. The van der Waals surface area contributed by atoms with Crippen molar-refractivity contribution in [1.82, 2.24) is 5.32 Å². The first-order chi connectivity index (χ1) is 6.69. The van der Waals surface area contributed by atoms with Gasteiger partial charge in [-0.15, -0.1) is 0 Å². The summed E-state index contributed by atoms with van der Waals surface area (Å²) in [6.45, 7) is 0.581. The number of halogens is 2. The molecule has 0 fully saturated rings. The summed E-state index contributed by atoms with van der Waals surface area (Å²) < 4.78 is 18.8. The third-order valence-electron chi connectivity index (χ3n) is 2.02. The second-order valence-electron chi connectivity index (χ2n) is 2.96. The van der Waals surface area contributed by atoms with Gasteiger partial charge in [0.25, 0.3) is 0 Å². The zero-order valence-corrected chi connectivity index (χ0v) is 10.3. The fourth-order valence-electron chi connectivity index (χ4n) is 1.28. The highest BCUT2D eigenvalue weighted by Gasteiger charge is 2.12. The first kappa shape index (κ1) is 11.9.